The summed E-state index contributed by atoms with van der Waals surface area (Å²) in [7, 11) is 0. The molecule has 0 radical (unpaired) electrons. The van der Waals surface area contributed by atoms with Crippen LogP contribution in [0.3, 0.4) is 0 Å². The van der Waals surface area contributed by atoms with Crippen molar-refractivity contribution in [3.8, 4) is 0 Å². The van der Waals surface area contributed by atoms with Crippen LogP contribution in [0.2, 0.25) is 0 Å². The van der Waals surface area contributed by atoms with Crippen molar-refractivity contribution in [1.29, 1.82) is 0 Å². The van der Waals surface area contributed by atoms with Crippen molar-refractivity contribution >= 4 is 12.4 Å². The second-order valence-electron chi connectivity index (χ2n) is 9.43. The molecule has 0 aliphatic carbocycles. The van der Waals surface area contributed by atoms with Gasteiger partial charge in [0.1, 0.15) is 0 Å². The van der Waals surface area contributed by atoms with E-state index in [1.54, 1.807) is 0 Å². The van der Waals surface area contributed by atoms with E-state index in [1.165, 1.54) is 53.7 Å². The summed E-state index contributed by atoms with van der Waals surface area (Å²) < 4.78 is 6.81. The number of ether oxygens (including phenoxy) is 1. The molecule has 0 unspecified atom stereocenters. The minimum absolute atomic E-state index is 0. The molecule has 0 amide bonds. The molecule has 32 heavy (non-hydrogen) atoms. The average molecular weight is 448 g/mol. The van der Waals surface area contributed by atoms with E-state index in [0.717, 1.165) is 0 Å². The van der Waals surface area contributed by atoms with Gasteiger partial charge in [0.25, 0.3) is 0 Å². The van der Waals surface area contributed by atoms with Crippen LogP contribution in [-0.2, 0) is 11.3 Å². The Kier molecular flexibility index (Phi) is 7.35. The van der Waals surface area contributed by atoms with E-state index < -0.39 is 0 Å². The molecule has 3 fully saturated rings. The summed E-state index contributed by atoms with van der Waals surface area (Å²) in [5.41, 5.74) is 6.71. The predicted molar refractivity (Wildman–Crippen MR) is 135 cm³/mol. The second kappa shape index (κ2) is 10.2. The van der Waals surface area contributed by atoms with E-state index in [-0.39, 0.29) is 18.5 Å². The molecular formula is C29H34ClNO. The first-order chi connectivity index (χ1) is 15.2. The molecular weight excluding hydrogens is 414 g/mol. The number of fused-ring (bicyclic) bond motifs is 3. The Morgan fingerprint density at radius 2 is 1.34 bits per heavy atom. The van der Waals surface area contributed by atoms with Gasteiger partial charge >= 0.3 is 0 Å². The largest absolute Gasteiger partial charge is 0.372 e. The number of aryl methyl sites for hydroxylation is 2. The predicted octanol–water partition coefficient (Wildman–Crippen LogP) is 6.54. The fourth-order valence-corrected chi connectivity index (χ4v) is 5.92. The fraction of sp³-hybridized carbons (Fsp3) is 0.379. The minimum atomic E-state index is 0. The van der Waals surface area contributed by atoms with E-state index in [0.29, 0.717) is 24.5 Å². The summed E-state index contributed by atoms with van der Waals surface area (Å²) in [5.74, 6) is 0.977. The molecule has 3 aromatic rings. The van der Waals surface area contributed by atoms with E-state index in [1.807, 2.05) is 0 Å². The van der Waals surface area contributed by atoms with Crippen molar-refractivity contribution in [2.75, 3.05) is 13.1 Å². The molecule has 2 bridgehead atoms. The van der Waals surface area contributed by atoms with Crippen LogP contribution in [0.4, 0.5) is 0 Å². The van der Waals surface area contributed by atoms with Gasteiger partial charge in [-0.15, -0.1) is 12.4 Å². The molecule has 0 aromatic heterocycles. The van der Waals surface area contributed by atoms with Crippen molar-refractivity contribution in [3.05, 3.63) is 107 Å². The van der Waals surface area contributed by atoms with Crippen LogP contribution >= 0.6 is 12.4 Å². The normalized spacial score (nSPS) is 24.3. The highest BCUT2D eigenvalue weighted by atomic mass is 35.5. The number of nitrogens with zero attached hydrogens (tertiary/aromatic N) is 1. The third-order valence-electron chi connectivity index (χ3n) is 7.18. The summed E-state index contributed by atoms with van der Waals surface area (Å²) in [6.45, 7) is 7.43. The van der Waals surface area contributed by atoms with Crippen LogP contribution < -0.4 is 0 Å². The lowest BCUT2D eigenvalue weighted by molar-refractivity contribution is -0.120. The van der Waals surface area contributed by atoms with Crippen molar-refractivity contribution < 1.29 is 4.74 Å². The maximum absolute atomic E-state index is 6.81. The SMILES string of the molecule is Cc1cc(C)cc(CO[C@H]2C3CCN(CC3)[C@@H]2C(c2ccccc2)c2ccccc2)c1.Cl. The molecule has 6 rings (SSSR count). The van der Waals surface area contributed by atoms with Crippen LogP contribution in [0.25, 0.3) is 0 Å². The third-order valence-corrected chi connectivity index (χ3v) is 7.18. The number of rotatable bonds is 6. The van der Waals surface area contributed by atoms with E-state index in [4.69, 9.17) is 4.74 Å². The Labute approximate surface area is 199 Å². The second-order valence-corrected chi connectivity index (χ2v) is 9.43. The van der Waals surface area contributed by atoms with Gasteiger partial charge in [-0.1, -0.05) is 90.0 Å². The summed E-state index contributed by atoms with van der Waals surface area (Å²) in [5, 5.41) is 0. The molecule has 0 N–H and O–H groups in total. The lowest BCUT2D eigenvalue weighted by atomic mass is 9.72. The van der Waals surface area contributed by atoms with Crippen LogP contribution in [-0.4, -0.2) is 30.1 Å². The Bertz CT molecular complexity index is 938. The van der Waals surface area contributed by atoms with Crippen LogP contribution in [0.1, 0.15) is 46.6 Å². The highest BCUT2D eigenvalue weighted by Gasteiger charge is 2.47. The number of piperidine rings is 3. The standard InChI is InChI=1S/C29H33NO.ClH/c1-21-17-22(2)19-23(18-21)20-31-29-26-13-15-30(16-14-26)28(29)27(24-9-5-3-6-10-24)25-11-7-4-8-12-25;/h3-12,17-19,26-29H,13-16,20H2,1-2H3;1H/t28-,29+;/m1./s1. The summed E-state index contributed by atoms with van der Waals surface area (Å²) >= 11 is 0. The molecule has 0 spiro atoms. The van der Waals surface area contributed by atoms with Crippen molar-refractivity contribution in [2.45, 2.75) is 51.4 Å². The van der Waals surface area contributed by atoms with Crippen LogP contribution in [0.5, 0.6) is 0 Å². The number of halogens is 1. The number of hydrogen-bond acceptors (Lipinski definition) is 2. The monoisotopic (exact) mass is 447 g/mol. The Morgan fingerprint density at radius 1 is 0.812 bits per heavy atom. The van der Waals surface area contributed by atoms with Gasteiger partial charge in [0.15, 0.2) is 0 Å². The first-order valence-corrected chi connectivity index (χ1v) is 11.7. The van der Waals surface area contributed by atoms with Gasteiger partial charge in [0, 0.05) is 12.0 Å². The molecule has 0 saturated carbocycles. The maximum Gasteiger partial charge on any atom is 0.0773 e. The van der Waals surface area contributed by atoms with Gasteiger partial charge in [-0.2, -0.15) is 0 Å². The Hall–Kier alpha value is -2.13. The van der Waals surface area contributed by atoms with Gasteiger partial charge < -0.3 is 4.74 Å². The number of benzene rings is 3. The van der Waals surface area contributed by atoms with Crippen LogP contribution in [0, 0.1) is 19.8 Å². The molecule has 168 valence electrons. The Balaban J connectivity index is 0.00000245. The zero-order valence-corrected chi connectivity index (χ0v) is 19.9. The zero-order valence-electron chi connectivity index (χ0n) is 19.1. The zero-order chi connectivity index (χ0) is 21.2. The molecule has 3 heteroatoms. The number of hydrogen-bond donors (Lipinski definition) is 0. The van der Waals surface area contributed by atoms with Gasteiger partial charge in [0.2, 0.25) is 0 Å². The highest BCUT2D eigenvalue weighted by molar-refractivity contribution is 5.85. The third kappa shape index (κ3) is 4.78. The molecule has 3 heterocycles. The van der Waals surface area contributed by atoms with E-state index in [9.17, 15) is 0 Å². The summed E-state index contributed by atoms with van der Waals surface area (Å²) in [6.07, 6.45) is 2.77. The van der Waals surface area contributed by atoms with Crippen molar-refractivity contribution in [1.82, 2.24) is 4.90 Å². The molecule has 3 aromatic carbocycles. The molecule has 2 nitrogen and oxygen atoms in total. The summed E-state index contributed by atoms with van der Waals surface area (Å²) in [6, 6.07) is 29.3. The highest BCUT2D eigenvalue weighted by Crippen LogP contribution is 2.43. The van der Waals surface area contributed by atoms with Gasteiger partial charge in [-0.3, -0.25) is 4.90 Å². The van der Waals surface area contributed by atoms with E-state index in [2.05, 4.69) is 97.6 Å². The van der Waals surface area contributed by atoms with Crippen LogP contribution in [0.15, 0.2) is 78.9 Å². The molecule has 3 aliphatic rings. The van der Waals surface area contributed by atoms with Gasteiger partial charge in [-0.25, -0.2) is 0 Å². The van der Waals surface area contributed by atoms with Crippen molar-refractivity contribution in [3.63, 3.8) is 0 Å². The topological polar surface area (TPSA) is 12.5 Å². The van der Waals surface area contributed by atoms with Crippen molar-refractivity contribution in [2.24, 2.45) is 5.92 Å². The average Bonchev–Trinajstić information content (AvgIpc) is 2.80. The van der Waals surface area contributed by atoms with E-state index >= 15 is 0 Å². The molecule has 3 aliphatic heterocycles. The minimum Gasteiger partial charge on any atom is -0.372 e. The smallest absolute Gasteiger partial charge is 0.0773 e. The van der Waals surface area contributed by atoms with Gasteiger partial charge in [0.05, 0.1) is 12.7 Å². The molecule has 3 saturated heterocycles. The lowest BCUT2D eigenvalue weighted by Crippen LogP contribution is -2.60. The lowest BCUT2D eigenvalue weighted by Gasteiger charge is -2.53. The summed E-state index contributed by atoms with van der Waals surface area (Å²) in [4.78, 5) is 2.71. The van der Waals surface area contributed by atoms with Gasteiger partial charge in [-0.05, 0) is 62.4 Å². The quantitative estimate of drug-likeness (QED) is 0.425. The first-order valence-electron chi connectivity index (χ1n) is 11.7. The maximum atomic E-state index is 6.81. The molecule has 2 atom stereocenters. The fourth-order valence-electron chi connectivity index (χ4n) is 5.92. The first kappa shape index (κ1) is 23.0. The Morgan fingerprint density at radius 3 is 1.88 bits per heavy atom.